The number of likely N-dealkylation sites (tertiary alicyclic amines) is 1. The van der Waals surface area contributed by atoms with Crippen molar-refractivity contribution in [2.45, 2.75) is 32.6 Å². The lowest BCUT2D eigenvalue weighted by atomic mass is 9.97. The lowest BCUT2D eigenvalue weighted by Crippen LogP contribution is -2.38. The van der Waals surface area contributed by atoms with E-state index in [2.05, 4.69) is 25.3 Å². The van der Waals surface area contributed by atoms with Crippen molar-refractivity contribution in [2.75, 3.05) is 25.0 Å². The van der Waals surface area contributed by atoms with E-state index in [0.29, 0.717) is 24.0 Å². The third-order valence-corrected chi connectivity index (χ3v) is 5.52. The van der Waals surface area contributed by atoms with Crippen LogP contribution in [-0.2, 0) is 4.79 Å². The summed E-state index contributed by atoms with van der Waals surface area (Å²) in [5.74, 6) is 1.42. The number of anilines is 1. The van der Waals surface area contributed by atoms with Crippen molar-refractivity contribution in [3.05, 3.63) is 59.6 Å². The van der Waals surface area contributed by atoms with E-state index in [-0.39, 0.29) is 11.8 Å². The van der Waals surface area contributed by atoms with Crippen molar-refractivity contribution in [1.29, 1.82) is 0 Å². The fourth-order valence-corrected chi connectivity index (χ4v) is 3.62. The van der Waals surface area contributed by atoms with Gasteiger partial charge in [0.2, 0.25) is 17.6 Å². The maximum absolute atomic E-state index is 12.5. The number of amides is 1. The number of pyridine rings is 1. The topological polar surface area (TPSA) is 84.2 Å². The zero-order chi connectivity index (χ0) is 20.2. The molecular formula is C22H25N5O2. The lowest BCUT2D eigenvalue weighted by molar-refractivity contribution is -0.117. The zero-order valence-electron chi connectivity index (χ0n) is 16.8. The quantitative estimate of drug-likeness (QED) is 0.716. The molecule has 0 spiro atoms. The van der Waals surface area contributed by atoms with Crippen LogP contribution in [0.3, 0.4) is 0 Å². The summed E-state index contributed by atoms with van der Waals surface area (Å²) in [6, 6.07) is 11.6. The van der Waals surface area contributed by atoms with E-state index in [1.165, 1.54) is 5.56 Å². The summed E-state index contributed by atoms with van der Waals surface area (Å²) in [7, 11) is 0. The fraction of sp³-hybridized carbons (Fsp3) is 0.364. The van der Waals surface area contributed by atoms with E-state index in [4.69, 9.17) is 4.52 Å². The van der Waals surface area contributed by atoms with Gasteiger partial charge in [-0.3, -0.25) is 14.7 Å². The predicted molar refractivity (Wildman–Crippen MR) is 110 cm³/mol. The summed E-state index contributed by atoms with van der Waals surface area (Å²) in [6.45, 7) is 6.12. The fourth-order valence-electron chi connectivity index (χ4n) is 3.62. The molecule has 2 aromatic heterocycles. The van der Waals surface area contributed by atoms with E-state index in [9.17, 15) is 4.79 Å². The van der Waals surface area contributed by atoms with Gasteiger partial charge in [0.15, 0.2) is 0 Å². The number of carbonyl (C=O) groups excluding carboxylic acids is 1. The average molecular weight is 391 g/mol. The number of hydrogen-bond donors (Lipinski definition) is 1. The van der Waals surface area contributed by atoms with Gasteiger partial charge in [-0.2, -0.15) is 4.98 Å². The van der Waals surface area contributed by atoms with Gasteiger partial charge in [0, 0.05) is 17.8 Å². The maximum atomic E-state index is 12.5. The van der Waals surface area contributed by atoms with Gasteiger partial charge in [-0.05, 0) is 69.1 Å². The van der Waals surface area contributed by atoms with Gasteiger partial charge in [0.05, 0.1) is 6.54 Å². The first-order chi connectivity index (χ1) is 14.1. The SMILES string of the molecule is Cc1cccc(NC(=O)CN2CCC(c3nc(-c4ccccn4)no3)CC2)c1C. The van der Waals surface area contributed by atoms with Gasteiger partial charge < -0.3 is 9.84 Å². The molecule has 1 saturated heterocycles. The number of piperidine rings is 1. The zero-order valence-corrected chi connectivity index (χ0v) is 16.8. The molecule has 0 bridgehead atoms. The van der Waals surface area contributed by atoms with E-state index in [0.717, 1.165) is 37.2 Å². The molecule has 3 aromatic rings. The molecular weight excluding hydrogens is 366 g/mol. The number of hydrogen-bond acceptors (Lipinski definition) is 6. The van der Waals surface area contributed by atoms with Crippen LogP contribution in [0.5, 0.6) is 0 Å². The van der Waals surface area contributed by atoms with E-state index >= 15 is 0 Å². The van der Waals surface area contributed by atoms with Crippen LogP contribution in [0.15, 0.2) is 47.1 Å². The second kappa shape index (κ2) is 8.53. The standard InChI is InChI=1S/C22H25N5O2/c1-15-6-5-8-18(16(15)2)24-20(28)14-27-12-9-17(10-13-27)22-25-21(26-29-22)19-7-3-4-11-23-19/h3-8,11,17H,9-10,12-14H2,1-2H3,(H,24,28). The number of nitrogens with zero attached hydrogens (tertiary/aromatic N) is 4. The van der Waals surface area contributed by atoms with Gasteiger partial charge in [0.25, 0.3) is 0 Å². The smallest absolute Gasteiger partial charge is 0.238 e. The molecule has 7 heteroatoms. The summed E-state index contributed by atoms with van der Waals surface area (Å²) < 4.78 is 5.48. The van der Waals surface area contributed by atoms with Crippen LogP contribution < -0.4 is 5.32 Å². The summed E-state index contributed by atoms with van der Waals surface area (Å²) >= 11 is 0. The first-order valence-electron chi connectivity index (χ1n) is 9.93. The Bertz CT molecular complexity index is 978. The molecule has 0 atom stereocenters. The molecule has 150 valence electrons. The number of carbonyl (C=O) groups is 1. The lowest BCUT2D eigenvalue weighted by Gasteiger charge is -2.29. The molecule has 0 unspecified atom stereocenters. The minimum absolute atomic E-state index is 0.0207. The van der Waals surface area contributed by atoms with Crippen LogP contribution in [-0.4, -0.2) is 45.6 Å². The van der Waals surface area contributed by atoms with Crippen molar-refractivity contribution in [1.82, 2.24) is 20.0 Å². The van der Waals surface area contributed by atoms with E-state index in [1.54, 1.807) is 6.20 Å². The molecule has 1 N–H and O–H groups in total. The number of nitrogens with one attached hydrogen (secondary N) is 1. The molecule has 0 aliphatic carbocycles. The van der Waals surface area contributed by atoms with E-state index in [1.807, 2.05) is 50.2 Å². The summed E-state index contributed by atoms with van der Waals surface area (Å²) in [5.41, 5.74) is 3.88. The van der Waals surface area contributed by atoms with Crippen LogP contribution in [0, 0.1) is 13.8 Å². The Labute approximate surface area is 170 Å². The highest BCUT2D eigenvalue weighted by molar-refractivity contribution is 5.93. The average Bonchev–Trinajstić information content (AvgIpc) is 3.23. The Morgan fingerprint density at radius 2 is 2.00 bits per heavy atom. The number of rotatable bonds is 5. The number of aromatic nitrogens is 3. The molecule has 3 heterocycles. The van der Waals surface area contributed by atoms with Crippen molar-refractivity contribution in [3.8, 4) is 11.5 Å². The van der Waals surface area contributed by atoms with Gasteiger partial charge in [0.1, 0.15) is 5.69 Å². The van der Waals surface area contributed by atoms with Crippen molar-refractivity contribution >= 4 is 11.6 Å². The third-order valence-electron chi connectivity index (χ3n) is 5.52. The Morgan fingerprint density at radius 3 is 2.76 bits per heavy atom. The Hall–Kier alpha value is -3.06. The first-order valence-corrected chi connectivity index (χ1v) is 9.93. The van der Waals surface area contributed by atoms with Gasteiger partial charge in [-0.25, -0.2) is 0 Å². The normalized spacial score (nSPS) is 15.4. The molecule has 4 rings (SSSR count). The van der Waals surface area contributed by atoms with Crippen LogP contribution >= 0.6 is 0 Å². The van der Waals surface area contributed by atoms with E-state index < -0.39 is 0 Å². The summed E-state index contributed by atoms with van der Waals surface area (Å²) in [6.07, 6.45) is 3.49. The van der Waals surface area contributed by atoms with Gasteiger partial charge >= 0.3 is 0 Å². The van der Waals surface area contributed by atoms with Crippen molar-refractivity contribution in [2.24, 2.45) is 0 Å². The summed E-state index contributed by atoms with van der Waals surface area (Å²) in [4.78, 5) is 23.4. The highest BCUT2D eigenvalue weighted by Gasteiger charge is 2.26. The van der Waals surface area contributed by atoms with Crippen LogP contribution in [0.4, 0.5) is 5.69 Å². The monoisotopic (exact) mass is 391 g/mol. The van der Waals surface area contributed by atoms with Crippen LogP contribution in [0.25, 0.3) is 11.5 Å². The Morgan fingerprint density at radius 1 is 1.17 bits per heavy atom. The van der Waals surface area contributed by atoms with Crippen molar-refractivity contribution < 1.29 is 9.32 Å². The molecule has 1 aliphatic rings. The highest BCUT2D eigenvalue weighted by Crippen LogP contribution is 2.28. The number of aryl methyl sites for hydroxylation is 1. The minimum Gasteiger partial charge on any atom is -0.339 e. The molecule has 1 amide bonds. The molecule has 7 nitrogen and oxygen atoms in total. The second-order valence-electron chi connectivity index (χ2n) is 7.52. The van der Waals surface area contributed by atoms with Gasteiger partial charge in [-0.1, -0.05) is 23.4 Å². The molecule has 0 saturated carbocycles. The molecule has 1 aromatic carbocycles. The molecule has 1 fully saturated rings. The van der Waals surface area contributed by atoms with Crippen LogP contribution in [0.2, 0.25) is 0 Å². The largest absolute Gasteiger partial charge is 0.339 e. The Kier molecular flexibility index (Phi) is 5.67. The highest BCUT2D eigenvalue weighted by atomic mass is 16.5. The first kappa shape index (κ1) is 19.3. The number of benzene rings is 1. The minimum atomic E-state index is 0.0207. The third kappa shape index (κ3) is 4.51. The maximum Gasteiger partial charge on any atom is 0.238 e. The Balaban J connectivity index is 1.30. The second-order valence-corrected chi connectivity index (χ2v) is 7.52. The molecule has 1 aliphatic heterocycles. The van der Waals surface area contributed by atoms with Gasteiger partial charge in [-0.15, -0.1) is 0 Å². The summed E-state index contributed by atoms with van der Waals surface area (Å²) in [5, 5.41) is 7.10. The predicted octanol–water partition coefficient (Wildman–Crippen LogP) is 3.57. The molecule has 0 radical (unpaired) electrons. The molecule has 29 heavy (non-hydrogen) atoms. The van der Waals surface area contributed by atoms with Crippen LogP contribution in [0.1, 0.15) is 35.8 Å². The van der Waals surface area contributed by atoms with Crippen molar-refractivity contribution in [3.63, 3.8) is 0 Å².